The van der Waals surface area contributed by atoms with Gasteiger partial charge in [0.1, 0.15) is 0 Å². The number of carbonyl (C=O) groups excluding carboxylic acids is 2. The lowest BCUT2D eigenvalue weighted by Gasteiger charge is -2.33. The number of nitrogens with zero attached hydrogens (tertiary/aromatic N) is 2. The van der Waals surface area contributed by atoms with Crippen LogP contribution in [0.15, 0.2) is 77.7 Å². The number of hydrogen-bond acceptors (Lipinski definition) is 4. The highest BCUT2D eigenvalue weighted by Gasteiger charge is 2.47. The molecule has 2 fully saturated rings. The van der Waals surface area contributed by atoms with Crippen molar-refractivity contribution < 1.29 is 22.9 Å². The zero-order valence-electron chi connectivity index (χ0n) is 17.5. The number of rotatable bonds is 4. The Bertz CT molecular complexity index is 1280. The molecule has 0 radical (unpaired) electrons. The van der Waals surface area contributed by atoms with Crippen molar-refractivity contribution in [3.8, 4) is 0 Å². The summed E-state index contributed by atoms with van der Waals surface area (Å²) in [6.45, 7) is 1.60. The van der Waals surface area contributed by atoms with E-state index in [1.807, 2.05) is 36.4 Å². The number of hydrogen-bond donors (Lipinski definition) is 1. The Hall–Kier alpha value is -3.07. The summed E-state index contributed by atoms with van der Waals surface area (Å²) >= 11 is 0. The minimum absolute atomic E-state index is 0.153. The van der Waals surface area contributed by atoms with Gasteiger partial charge in [0, 0.05) is 0 Å². The van der Waals surface area contributed by atoms with Crippen LogP contribution in [0, 0.1) is 0 Å². The van der Waals surface area contributed by atoms with Gasteiger partial charge in [-0.05, 0) is 35.0 Å². The molecule has 1 atom stereocenters. The quantitative estimate of drug-likeness (QED) is 0.603. The standard InChI is InChI=1S/C24H23N3O4S/c28-23-17-22(24(29)27(23)20-8-2-1-3-9-20)25-12-14-26(15-13-25)32(30,31)21-11-10-18-6-4-5-7-19(18)16-21/h1-11,16,22H,12-15,17H2/p+1/t22-/m0/s1. The molecule has 1 N–H and O–H groups in total. The third kappa shape index (κ3) is 3.60. The predicted octanol–water partition coefficient (Wildman–Crippen LogP) is 1.06. The van der Waals surface area contributed by atoms with Gasteiger partial charge in [-0.2, -0.15) is 4.31 Å². The number of quaternary nitrogens is 1. The molecule has 2 amide bonds. The maximum atomic E-state index is 13.2. The molecule has 5 rings (SSSR count). The molecule has 2 saturated heterocycles. The third-order valence-corrected chi connectivity index (χ3v) is 8.27. The third-order valence-electron chi connectivity index (χ3n) is 6.38. The van der Waals surface area contributed by atoms with Crippen LogP contribution < -0.4 is 9.80 Å². The Morgan fingerprint density at radius 3 is 2.19 bits per heavy atom. The van der Waals surface area contributed by atoms with Crippen LogP contribution in [-0.2, 0) is 19.6 Å². The first-order valence-corrected chi connectivity index (χ1v) is 12.1. The molecule has 0 aliphatic carbocycles. The molecule has 32 heavy (non-hydrogen) atoms. The van der Waals surface area contributed by atoms with Gasteiger partial charge in [-0.1, -0.05) is 48.5 Å². The number of imide groups is 1. The Kier molecular flexibility index (Phi) is 5.28. The summed E-state index contributed by atoms with van der Waals surface area (Å²) in [5.74, 6) is -0.410. The van der Waals surface area contributed by atoms with E-state index >= 15 is 0 Å². The van der Waals surface area contributed by atoms with Crippen LogP contribution in [0.2, 0.25) is 0 Å². The second-order valence-corrected chi connectivity index (χ2v) is 10.2. The van der Waals surface area contributed by atoms with Crippen molar-refractivity contribution in [3.05, 3.63) is 72.8 Å². The summed E-state index contributed by atoms with van der Waals surface area (Å²) in [7, 11) is -3.62. The fourth-order valence-corrected chi connectivity index (χ4v) is 6.12. The van der Waals surface area contributed by atoms with Crippen molar-refractivity contribution in [2.45, 2.75) is 17.4 Å². The molecule has 0 spiro atoms. The van der Waals surface area contributed by atoms with Crippen LogP contribution in [0.3, 0.4) is 0 Å². The Labute approximate surface area is 186 Å². The maximum Gasteiger partial charge on any atom is 0.292 e. The fraction of sp³-hybridized carbons (Fsp3) is 0.250. The SMILES string of the molecule is O=C1C[C@H]([NH+]2CCN(S(=O)(=O)c3ccc4ccccc4c3)CC2)C(=O)N1c1ccccc1. The van der Waals surface area contributed by atoms with E-state index in [2.05, 4.69) is 0 Å². The molecule has 8 heteroatoms. The summed E-state index contributed by atoms with van der Waals surface area (Å²) in [6.07, 6.45) is 0.153. The predicted molar refractivity (Wildman–Crippen MR) is 121 cm³/mol. The molecule has 3 aromatic carbocycles. The molecule has 7 nitrogen and oxygen atoms in total. The van der Waals surface area contributed by atoms with Gasteiger partial charge in [0.15, 0.2) is 6.04 Å². The fourth-order valence-electron chi connectivity index (χ4n) is 4.64. The number of sulfonamides is 1. The van der Waals surface area contributed by atoms with Gasteiger partial charge in [0.2, 0.25) is 15.9 Å². The molecule has 3 aromatic rings. The number of piperazine rings is 1. The van der Waals surface area contributed by atoms with Gasteiger partial charge < -0.3 is 4.90 Å². The highest BCUT2D eigenvalue weighted by molar-refractivity contribution is 7.89. The van der Waals surface area contributed by atoms with Crippen LogP contribution in [0.1, 0.15) is 6.42 Å². The lowest BCUT2D eigenvalue weighted by molar-refractivity contribution is -0.918. The summed E-state index contributed by atoms with van der Waals surface area (Å²) in [5, 5.41) is 1.88. The smallest absolute Gasteiger partial charge is 0.292 e. The van der Waals surface area contributed by atoms with E-state index in [1.165, 1.54) is 9.21 Å². The molecule has 0 unspecified atom stereocenters. The number of nitrogens with one attached hydrogen (secondary N) is 1. The second kappa shape index (κ2) is 8.12. The van der Waals surface area contributed by atoms with Gasteiger partial charge in [-0.15, -0.1) is 0 Å². The number of amides is 2. The molecular formula is C24H24N3O4S+. The Morgan fingerprint density at radius 1 is 0.812 bits per heavy atom. The second-order valence-electron chi connectivity index (χ2n) is 8.23. The van der Waals surface area contributed by atoms with Crippen molar-refractivity contribution in [2.75, 3.05) is 31.1 Å². The molecule has 0 bridgehead atoms. The van der Waals surface area contributed by atoms with E-state index in [4.69, 9.17) is 0 Å². The summed E-state index contributed by atoms with van der Waals surface area (Å²) < 4.78 is 27.9. The van der Waals surface area contributed by atoms with Crippen molar-refractivity contribution >= 4 is 38.3 Å². The van der Waals surface area contributed by atoms with Gasteiger partial charge in [0.05, 0.1) is 43.2 Å². The minimum Gasteiger partial charge on any atom is -0.322 e. The molecule has 0 aromatic heterocycles. The highest BCUT2D eigenvalue weighted by Crippen LogP contribution is 2.23. The van der Waals surface area contributed by atoms with E-state index in [0.717, 1.165) is 15.7 Å². The van der Waals surface area contributed by atoms with E-state index in [-0.39, 0.29) is 23.1 Å². The number of carbonyl (C=O) groups is 2. The first-order chi connectivity index (χ1) is 15.4. The molecular weight excluding hydrogens is 426 g/mol. The zero-order valence-corrected chi connectivity index (χ0v) is 18.3. The number of fused-ring (bicyclic) bond motifs is 1. The molecule has 0 saturated carbocycles. The van der Waals surface area contributed by atoms with Gasteiger partial charge >= 0.3 is 0 Å². The van der Waals surface area contributed by atoms with Crippen molar-refractivity contribution in [1.82, 2.24) is 4.31 Å². The van der Waals surface area contributed by atoms with E-state index in [0.29, 0.717) is 31.9 Å². The summed E-state index contributed by atoms with van der Waals surface area (Å²) in [5.41, 5.74) is 0.585. The lowest BCUT2D eigenvalue weighted by Crippen LogP contribution is -3.19. The first-order valence-electron chi connectivity index (χ1n) is 10.7. The molecule has 2 aliphatic rings. The normalized spacial score (nSPS) is 20.9. The van der Waals surface area contributed by atoms with Crippen molar-refractivity contribution in [3.63, 3.8) is 0 Å². The van der Waals surface area contributed by atoms with Crippen LogP contribution in [0.25, 0.3) is 10.8 Å². The van der Waals surface area contributed by atoms with Crippen LogP contribution >= 0.6 is 0 Å². The average molecular weight is 451 g/mol. The average Bonchev–Trinajstić information content (AvgIpc) is 3.13. The van der Waals surface area contributed by atoms with Gasteiger partial charge in [-0.25, -0.2) is 13.3 Å². The minimum atomic E-state index is -3.62. The van der Waals surface area contributed by atoms with Gasteiger partial charge in [-0.3, -0.25) is 9.59 Å². The summed E-state index contributed by atoms with van der Waals surface area (Å²) in [4.78, 5) is 28.0. The molecule has 2 heterocycles. The first kappa shape index (κ1) is 20.8. The van der Waals surface area contributed by atoms with Crippen LogP contribution in [-0.4, -0.2) is 56.8 Å². The van der Waals surface area contributed by atoms with Gasteiger partial charge in [0.25, 0.3) is 5.91 Å². The van der Waals surface area contributed by atoms with Crippen molar-refractivity contribution in [2.24, 2.45) is 0 Å². The largest absolute Gasteiger partial charge is 0.322 e. The maximum absolute atomic E-state index is 13.2. The van der Waals surface area contributed by atoms with Crippen LogP contribution in [0.4, 0.5) is 5.69 Å². The Morgan fingerprint density at radius 2 is 1.47 bits per heavy atom. The summed E-state index contributed by atoms with van der Waals surface area (Å²) in [6, 6.07) is 21.3. The number of anilines is 1. The van der Waals surface area contributed by atoms with E-state index < -0.39 is 16.1 Å². The zero-order chi connectivity index (χ0) is 22.3. The lowest BCUT2D eigenvalue weighted by atomic mass is 10.1. The molecule has 164 valence electrons. The monoisotopic (exact) mass is 450 g/mol. The number of benzene rings is 3. The molecule has 2 aliphatic heterocycles. The van der Waals surface area contributed by atoms with Crippen molar-refractivity contribution in [1.29, 1.82) is 0 Å². The van der Waals surface area contributed by atoms with Crippen LogP contribution in [0.5, 0.6) is 0 Å². The Balaban J connectivity index is 1.29. The topological polar surface area (TPSA) is 79.2 Å². The van der Waals surface area contributed by atoms with E-state index in [1.54, 1.807) is 36.4 Å². The highest BCUT2D eigenvalue weighted by atomic mass is 32.2. The van der Waals surface area contributed by atoms with E-state index in [9.17, 15) is 18.0 Å². The number of para-hydroxylation sites is 1.